The fourth-order valence-electron chi connectivity index (χ4n) is 1.58. The maximum absolute atomic E-state index is 13.0. The number of rotatable bonds is 3. The van der Waals surface area contributed by atoms with Gasteiger partial charge in [0.15, 0.2) is 0 Å². The van der Waals surface area contributed by atoms with Crippen molar-refractivity contribution in [3.05, 3.63) is 45.2 Å². The van der Waals surface area contributed by atoms with Crippen LogP contribution >= 0.6 is 11.6 Å². The first kappa shape index (κ1) is 13.2. The molecule has 0 aliphatic carbocycles. The molecule has 1 aromatic carbocycles. The standard InChI is InChI=1S/C11H8ClFN4O2/c12-11-15-9(8(5-13)10(14)16-11)6-1-3-7(4-2-6)17(18)19/h1-4H,5H2,(H2,14,15,16). The van der Waals surface area contributed by atoms with Crippen molar-refractivity contribution >= 4 is 23.1 Å². The molecule has 0 saturated carbocycles. The average molecular weight is 283 g/mol. The minimum Gasteiger partial charge on any atom is -0.383 e. The molecular formula is C11H8ClFN4O2. The van der Waals surface area contributed by atoms with Gasteiger partial charge in [-0.1, -0.05) is 0 Å². The van der Waals surface area contributed by atoms with E-state index in [-0.39, 0.29) is 28.0 Å². The number of benzene rings is 1. The second kappa shape index (κ2) is 5.15. The zero-order valence-corrected chi connectivity index (χ0v) is 10.3. The zero-order chi connectivity index (χ0) is 14.0. The van der Waals surface area contributed by atoms with Gasteiger partial charge in [0.25, 0.3) is 5.69 Å². The quantitative estimate of drug-likeness (QED) is 0.530. The van der Waals surface area contributed by atoms with Gasteiger partial charge in [0.2, 0.25) is 5.28 Å². The molecule has 0 atom stereocenters. The van der Waals surface area contributed by atoms with Crippen LogP contribution in [0.15, 0.2) is 24.3 Å². The summed E-state index contributed by atoms with van der Waals surface area (Å²) in [6.07, 6.45) is 0. The summed E-state index contributed by atoms with van der Waals surface area (Å²) in [5.41, 5.74) is 6.32. The van der Waals surface area contributed by atoms with E-state index in [1.54, 1.807) is 0 Å². The summed E-state index contributed by atoms with van der Waals surface area (Å²) in [4.78, 5) is 17.6. The number of halogens is 2. The van der Waals surface area contributed by atoms with Gasteiger partial charge in [-0.05, 0) is 23.7 Å². The van der Waals surface area contributed by atoms with Gasteiger partial charge in [-0.3, -0.25) is 10.1 Å². The van der Waals surface area contributed by atoms with Crippen LogP contribution in [0.1, 0.15) is 5.56 Å². The van der Waals surface area contributed by atoms with E-state index in [9.17, 15) is 14.5 Å². The first-order valence-electron chi connectivity index (χ1n) is 5.15. The summed E-state index contributed by atoms with van der Waals surface area (Å²) in [5, 5.41) is 10.5. The number of nitrogens with zero attached hydrogens (tertiary/aromatic N) is 3. The third kappa shape index (κ3) is 2.60. The molecule has 2 rings (SSSR count). The van der Waals surface area contributed by atoms with Gasteiger partial charge >= 0.3 is 0 Å². The molecule has 0 aliphatic heterocycles. The van der Waals surface area contributed by atoms with Gasteiger partial charge in [0.1, 0.15) is 12.5 Å². The predicted octanol–water partition coefficient (Wildman–Crippen LogP) is 2.76. The number of hydrogen-bond donors (Lipinski definition) is 1. The minimum atomic E-state index is -0.852. The summed E-state index contributed by atoms with van der Waals surface area (Å²) in [5.74, 6) is -0.0455. The van der Waals surface area contributed by atoms with Crippen molar-refractivity contribution in [2.75, 3.05) is 5.73 Å². The van der Waals surface area contributed by atoms with Crippen LogP contribution in [0.25, 0.3) is 11.3 Å². The van der Waals surface area contributed by atoms with Crippen LogP contribution in [0.2, 0.25) is 5.28 Å². The monoisotopic (exact) mass is 282 g/mol. The number of anilines is 1. The van der Waals surface area contributed by atoms with Gasteiger partial charge < -0.3 is 5.73 Å². The molecule has 1 aromatic heterocycles. The summed E-state index contributed by atoms with van der Waals surface area (Å²) < 4.78 is 13.0. The van der Waals surface area contributed by atoms with Gasteiger partial charge in [0.05, 0.1) is 16.2 Å². The highest BCUT2D eigenvalue weighted by atomic mass is 35.5. The lowest BCUT2D eigenvalue weighted by Crippen LogP contribution is -2.02. The van der Waals surface area contributed by atoms with E-state index >= 15 is 0 Å². The van der Waals surface area contributed by atoms with Crippen molar-refractivity contribution in [1.82, 2.24) is 9.97 Å². The molecule has 0 unspecified atom stereocenters. The normalized spacial score (nSPS) is 10.4. The van der Waals surface area contributed by atoms with Crippen LogP contribution in [0.4, 0.5) is 15.9 Å². The second-order valence-corrected chi connectivity index (χ2v) is 3.98. The Morgan fingerprint density at radius 3 is 2.47 bits per heavy atom. The van der Waals surface area contributed by atoms with Crippen LogP contribution in [0, 0.1) is 10.1 Å². The number of hydrogen-bond acceptors (Lipinski definition) is 5. The number of non-ortho nitro benzene ring substituents is 1. The highest BCUT2D eigenvalue weighted by Crippen LogP contribution is 2.28. The SMILES string of the molecule is Nc1nc(Cl)nc(-c2ccc([N+](=O)[O-])cc2)c1CF. The van der Waals surface area contributed by atoms with E-state index in [1.807, 2.05) is 0 Å². The van der Waals surface area contributed by atoms with Gasteiger partial charge in [-0.25, -0.2) is 14.4 Å². The molecule has 0 fully saturated rings. The van der Waals surface area contributed by atoms with Crippen LogP contribution in [0.3, 0.4) is 0 Å². The van der Waals surface area contributed by atoms with Gasteiger partial charge in [-0.15, -0.1) is 0 Å². The smallest absolute Gasteiger partial charge is 0.269 e. The Kier molecular flexibility index (Phi) is 3.57. The topological polar surface area (TPSA) is 94.9 Å². The summed E-state index contributed by atoms with van der Waals surface area (Å²) >= 11 is 5.68. The van der Waals surface area contributed by atoms with E-state index in [4.69, 9.17) is 17.3 Å². The molecule has 0 aliphatic rings. The second-order valence-electron chi connectivity index (χ2n) is 3.64. The van der Waals surface area contributed by atoms with Crippen molar-refractivity contribution in [3.8, 4) is 11.3 Å². The molecule has 2 N–H and O–H groups in total. The molecule has 0 radical (unpaired) electrons. The number of nitro benzene ring substituents is 1. The maximum Gasteiger partial charge on any atom is 0.269 e. The van der Waals surface area contributed by atoms with E-state index in [0.717, 1.165) is 0 Å². The van der Waals surface area contributed by atoms with Crippen molar-refractivity contribution < 1.29 is 9.31 Å². The molecule has 6 nitrogen and oxygen atoms in total. The molecule has 0 spiro atoms. The lowest BCUT2D eigenvalue weighted by atomic mass is 10.1. The highest BCUT2D eigenvalue weighted by molar-refractivity contribution is 6.28. The largest absolute Gasteiger partial charge is 0.383 e. The Morgan fingerprint density at radius 2 is 1.95 bits per heavy atom. The molecule has 2 aromatic rings. The Morgan fingerprint density at radius 1 is 1.32 bits per heavy atom. The average Bonchev–Trinajstić information content (AvgIpc) is 2.38. The molecule has 0 amide bonds. The maximum atomic E-state index is 13.0. The Bertz CT molecular complexity index is 633. The van der Waals surface area contributed by atoms with Gasteiger partial charge in [-0.2, -0.15) is 0 Å². The van der Waals surface area contributed by atoms with Crippen LogP contribution < -0.4 is 5.73 Å². The molecule has 0 bridgehead atoms. The summed E-state index contributed by atoms with van der Waals surface area (Å²) in [7, 11) is 0. The van der Waals surface area contributed by atoms with E-state index in [0.29, 0.717) is 5.56 Å². The Hall–Kier alpha value is -2.28. The van der Waals surface area contributed by atoms with Crippen molar-refractivity contribution in [1.29, 1.82) is 0 Å². The van der Waals surface area contributed by atoms with E-state index < -0.39 is 11.6 Å². The molecular weight excluding hydrogens is 275 g/mol. The number of nitrogens with two attached hydrogens (primary N) is 1. The first-order chi connectivity index (χ1) is 9.02. The number of aromatic nitrogens is 2. The molecule has 0 saturated heterocycles. The van der Waals surface area contributed by atoms with Crippen molar-refractivity contribution in [2.45, 2.75) is 6.67 Å². The van der Waals surface area contributed by atoms with Crippen LogP contribution in [-0.4, -0.2) is 14.9 Å². The summed E-state index contributed by atoms with van der Waals surface area (Å²) in [6, 6.07) is 5.50. The first-order valence-corrected chi connectivity index (χ1v) is 5.53. The molecule has 1 heterocycles. The van der Waals surface area contributed by atoms with E-state index in [2.05, 4.69) is 9.97 Å². The van der Waals surface area contributed by atoms with Crippen molar-refractivity contribution in [3.63, 3.8) is 0 Å². The predicted molar refractivity (Wildman–Crippen MR) is 68.4 cm³/mol. The third-order valence-corrected chi connectivity index (χ3v) is 2.67. The van der Waals surface area contributed by atoms with Crippen molar-refractivity contribution in [2.24, 2.45) is 0 Å². The fourth-order valence-corrected chi connectivity index (χ4v) is 1.76. The lowest BCUT2D eigenvalue weighted by Gasteiger charge is -2.08. The van der Waals surface area contributed by atoms with E-state index in [1.165, 1.54) is 24.3 Å². The highest BCUT2D eigenvalue weighted by Gasteiger charge is 2.14. The third-order valence-electron chi connectivity index (χ3n) is 2.50. The number of nitro groups is 1. The van der Waals surface area contributed by atoms with Gasteiger partial charge in [0, 0.05) is 17.7 Å². The summed E-state index contributed by atoms with van der Waals surface area (Å²) in [6.45, 7) is -0.852. The zero-order valence-electron chi connectivity index (χ0n) is 9.51. The minimum absolute atomic E-state index is 0.0455. The Balaban J connectivity index is 2.55. The fraction of sp³-hybridized carbons (Fsp3) is 0.0909. The lowest BCUT2D eigenvalue weighted by molar-refractivity contribution is -0.384. The number of alkyl halides is 1. The molecule has 98 valence electrons. The molecule has 19 heavy (non-hydrogen) atoms. The Labute approximate surface area is 112 Å². The van der Waals surface area contributed by atoms with Crippen LogP contribution in [0.5, 0.6) is 0 Å². The number of nitrogen functional groups attached to an aromatic ring is 1. The van der Waals surface area contributed by atoms with Crippen LogP contribution in [-0.2, 0) is 6.67 Å². The molecule has 8 heteroatoms.